The third kappa shape index (κ3) is 2.92. The van der Waals surface area contributed by atoms with Gasteiger partial charge in [0.25, 0.3) is 0 Å². The molecule has 0 aromatic carbocycles. The van der Waals surface area contributed by atoms with Crippen LogP contribution >= 0.6 is 0 Å². The molecule has 5 heterocycles. The Bertz CT molecular complexity index is 825. The number of amides is 1. The van der Waals surface area contributed by atoms with E-state index in [4.69, 9.17) is 4.98 Å². The lowest BCUT2D eigenvalue weighted by molar-refractivity contribution is -0.141. The van der Waals surface area contributed by atoms with Crippen molar-refractivity contribution >= 4 is 11.6 Å². The van der Waals surface area contributed by atoms with Crippen LogP contribution in [0.5, 0.6) is 0 Å². The van der Waals surface area contributed by atoms with Gasteiger partial charge in [-0.15, -0.1) is 0 Å². The summed E-state index contributed by atoms with van der Waals surface area (Å²) in [6.07, 6.45) is 10.4. The van der Waals surface area contributed by atoms with Crippen molar-refractivity contribution in [1.29, 1.82) is 0 Å². The predicted molar refractivity (Wildman–Crippen MR) is 101 cm³/mol. The summed E-state index contributed by atoms with van der Waals surface area (Å²) in [6, 6.07) is 4.64. The van der Waals surface area contributed by atoms with Crippen molar-refractivity contribution in [2.75, 3.05) is 19.6 Å². The summed E-state index contributed by atoms with van der Waals surface area (Å²) in [5.74, 6) is 1.36. The van der Waals surface area contributed by atoms with Gasteiger partial charge in [0, 0.05) is 44.6 Å². The lowest BCUT2D eigenvalue weighted by atomic mass is 9.83. The molecule has 3 saturated heterocycles. The van der Waals surface area contributed by atoms with Crippen LogP contribution in [0.15, 0.2) is 24.5 Å². The van der Waals surface area contributed by atoms with Crippen LogP contribution in [0, 0.1) is 18.8 Å². The van der Waals surface area contributed by atoms with Gasteiger partial charge >= 0.3 is 0 Å². The van der Waals surface area contributed by atoms with Gasteiger partial charge < -0.3 is 9.30 Å². The molecule has 1 amide bonds. The number of carbonyl (C=O) groups is 1. The van der Waals surface area contributed by atoms with Crippen molar-refractivity contribution in [3.8, 4) is 0 Å². The number of aryl methyl sites for hydroxylation is 1. The Hall–Kier alpha value is -1.88. The molecule has 5 heteroatoms. The highest BCUT2D eigenvalue weighted by Crippen LogP contribution is 2.34. The molecule has 1 aliphatic carbocycles. The van der Waals surface area contributed by atoms with Gasteiger partial charge in [0.1, 0.15) is 5.65 Å². The number of carbonyl (C=O) groups excluding carboxylic acids is 1. The second-order valence-corrected chi connectivity index (χ2v) is 8.61. The van der Waals surface area contributed by atoms with E-state index in [0.717, 1.165) is 49.9 Å². The molecular formula is C21H28N4O. The Labute approximate surface area is 155 Å². The quantitative estimate of drug-likeness (QED) is 0.850. The van der Waals surface area contributed by atoms with Gasteiger partial charge in [0.05, 0.1) is 11.6 Å². The van der Waals surface area contributed by atoms with E-state index in [1.54, 1.807) is 0 Å². The SMILES string of the molecule is Cc1ccn2cc(CN3C[C@H]4CC[C@@H](C3)N(CC3CCC3)C4=O)nc2c1. The first-order chi connectivity index (χ1) is 12.7. The fourth-order valence-electron chi connectivity index (χ4n) is 4.89. The molecule has 3 aliphatic heterocycles. The number of imidazole rings is 1. The summed E-state index contributed by atoms with van der Waals surface area (Å²) in [7, 11) is 0. The van der Waals surface area contributed by atoms with E-state index in [2.05, 4.69) is 45.7 Å². The highest BCUT2D eigenvalue weighted by Gasteiger charge is 2.41. The number of rotatable bonds is 4. The van der Waals surface area contributed by atoms with Gasteiger partial charge in [-0.05, 0) is 56.2 Å². The zero-order valence-corrected chi connectivity index (χ0v) is 15.6. The molecule has 6 rings (SSSR count). The Kier molecular flexibility index (Phi) is 4.00. The topological polar surface area (TPSA) is 40.9 Å². The first kappa shape index (κ1) is 16.3. The van der Waals surface area contributed by atoms with Gasteiger partial charge in [-0.25, -0.2) is 4.98 Å². The third-order valence-electron chi connectivity index (χ3n) is 6.60. The van der Waals surface area contributed by atoms with Crippen LogP contribution in [-0.2, 0) is 11.3 Å². The van der Waals surface area contributed by atoms with E-state index in [9.17, 15) is 4.79 Å². The zero-order chi connectivity index (χ0) is 17.7. The first-order valence-electron chi connectivity index (χ1n) is 10.1. The first-order valence-corrected chi connectivity index (χ1v) is 10.1. The van der Waals surface area contributed by atoms with Gasteiger partial charge in [-0.3, -0.25) is 9.69 Å². The van der Waals surface area contributed by atoms with E-state index < -0.39 is 0 Å². The monoisotopic (exact) mass is 352 g/mol. The minimum atomic E-state index is 0.188. The van der Waals surface area contributed by atoms with Crippen molar-refractivity contribution in [2.24, 2.45) is 11.8 Å². The number of aromatic nitrogens is 2. The van der Waals surface area contributed by atoms with Crippen LogP contribution in [-0.4, -0.2) is 50.8 Å². The molecule has 4 aliphatic rings. The number of pyridine rings is 1. The van der Waals surface area contributed by atoms with Crippen LogP contribution in [0.4, 0.5) is 0 Å². The number of hydrogen-bond acceptors (Lipinski definition) is 3. The lowest BCUT2D eigenvalue weighted by Crippen LogP contribution is -2.50. The number of nitrogens with zero attached hydrogens (tertiary/aromatic N) is 4. The molecule has 4 fully saturated rings. The Morgan fingerprint density at radius 1 is 1.19 bits per heavy atom. The second-order valence-electron chi connectivity index (χ2n) is 8.61. The summed E-state index contributed by atoms with van der Waals surface area (Å²) in [4.78, 5) is 22.4. The maximum Gasteiger partial charge on any atom is 0.227 e. The highest BCUT2D eigenvalue weighted by atomic mass is 16.2. The molecule has 2 aromatic rings. The predicted octanol–water partition coefficient (Wildman–Crippen LogP) is 2.87. The molecule has 0 N–H and O–H groups in total. The fraction of sp³-hybridized carbons (Fsp3) is 0.619. The van der Waals surface area contributed by atoms with E-state index in [0.29, 0.717) is 11.9 Å². The molecule has 0 unspecified atom stereocenters. The van der Waals surface area contributed by atoms with Crippen molar-refractivity contribution in [1.82, 2.24) is 19.2 Å². The number of hydrogen-bond donors (Lipinski definition) is 0. The summed E-state index contributed by atoms with van der Waals surface area (Å²) >= 11 is 0. The molecule has 2 atom stereocenters. The minimum absolute atomic E-state index is 0.188. The summed E-state index contributed by atoms with van der Waals surface area (Å²) < 4.78 is 2.10. The van der Waals surface area contributed by atoms with Crippen molar-refractivity contribution < 1.29 is 4.79 Å². The van der Waals surface area contributed by atoms with Gasteiger partial charge in [-0.2, -0.15) is 0 Å². The lowest BCUT2D eigenvalue weighted by Gasteiger charge is -2.40. The molecule has 0 radical (unpaired) electrons. The molecule has 26 heavy (non-hydrogen) atoms. The molecule has 0 spiro atoms. The van der Waals surface area contributed by atoms with E-state index in [-0.39, 0.29) is 5.92 Å². The summed E-state index contributed by atoms with van der Waals surface area (Å²) in [5.41, 5.74) is 3.36. The standard InChI is InChI=1S/C21H28N4O/c1-15-7-8-24-13-18(22-20(24)9-15)12-23-11-17-5-6-19(14-23)25(21(17)26)10-16-3-2-4-16/h7-9,13,16-17,19H,2-6,10-12,14H2,1H3/t17-,19+/m1/s1. The fourth-order valence-corrected chi connectivity index (χ4v) is 4.89. The maximum absolute atomic E-state index is 12.9. The third-order valence-corrected chi connectivity index (χ3v) is 6.60. The largest absolute Gasteiger partial charge is 0.338 e. The van der Waals surface area contributed by atoms with Gasteiger partial charge in [0.15, 0.2) is 0 Å². The van der Waals surface area contributed by atoms with Crippen molar-refractivity contribution in [3.63, 3.8) is 0 Å². The molecule has 2 bridgehead atoms. The highest BCUT2D eigenvalue weighted by molar-refractivity contribution is 5.80. The van der Waals surface area contributed by atoms with E-state index in [1.165, 1.54) is 31.2 Å². The average Bonchev–Trinajstić information content (AvgIpc) is 2.77. The van der Waals surface area contributed by atoms with Crippen LogP contribution in [0.1, 0.15) is 43.4 Å². The van der Waals surface area contributed by atoms with E-state index in [1.807, 2.05) is 0 Å². The smallest absolute Gasteiger partial charge is 0.227 e. The molecule has 1 saturated carbocycles. The summed E-state index contributed by atoms with van der Waals surface area (Å²) in [5, 5.41) is 0. The number of piperidine rings is 1. The second kappa shape index (κ2) is 6.38. The zero-order valence-electron chi connectivity index (χ0n) is 15.6. The van der Waals surface area contributed by atoms with Crippen molar-refractivity contribution in [2.45, 2.75) is 51.6 Å². The van der Waals surface area contributed by atoms with Crippen LogP contribution < -0.4 is 0 Å². The molecular weight excluding hydrogens is 324 g/mol. The van der Waals surface area contributed by atoms with Gasteiger partial charge in [0.2, 0.25) is 5.91 Å². The maximum atomic E-state index is 12.9. The van der Waals surface area contributed by atoms with Crippen LogP contribution in [0.25, 0.3) is 5.65 Å². The minimum Gasteiger partial charge on any atom is -0.338 e. The normalized spacial score (nSPS) is 27.1. The average molecular weight is 352 g/mol. The summed E-state index contributed by atoms with van der Waals surface area (Å²) in [6.45, 7) is 5.84. The van der Waals surface area contributed by atoms with Crippen LogP contribution in [0.3, 0.4) is 0 Å². The Balaban J connectivity index is 1.33. The van der Waals surface area contributed by atoms with Crippen molar-refractivity contribution in [3.05, 3.63) is 35.8 Å². The Morgan fingerprint density at radius 2 is 2.08 bits per heavy atom. The molecule has 138 valence electrons. The van der Waals surface area contributed by atoms with Gasteiger partial charge in [-0.1, -0.05) is 6.42 Å². The molecule has 5 nitrogen and oxygen atoms in total. The Morgan fingerprint density at radius 3 is 2.88 bits per heavy atom. The van der Waals surface area contributed by atoms with E-state index >= 15 is 0 Å². The van der Waals surface area contributed by atoms with Crippen LogP contribution in [0.2, 0.25) is 0 Å². The molecule has 2 aromatic heterocycles. The number of fused-ring (bicyclic) bond motifs is 5.